The van der Waals surface area contributed by atoms with Gasteiger partial charge in [0.1, 0.15) is 6.61 Å². The first kappa shape index (κ1) is 50.5. The third-order valence-electron chi connectivity index (χ3n) is 9.09. The zero-order chi connectivity index (χ0) is 38.2. The van der Waals surface area contributed by atoms with E-state index in [1.165, 1.54) is 116 Å². The Hall–Kier alpha value is -1.51. The molecule has 0 aromatic carbocycles. The van der Waals surface area contributed by atoms with Gasteiger partial charge < -0.3 is 20.1 Å². The van der Waals surface area contributed by atoms with E-state index in [2.05, 4.69) is 38.2 Å². The summed E-state index contributed by atoms with van der Waals surface area (Å²) in [6.45, 7) is 3.72. The van der Waals surface area contributed by atoms with E-state index in [1.807, 2.05) is 0 Å². The van der Waals surface area contributed by atoms with E-state index >= 15 is 0 Å². The maximum atomic E-state index is 12.6. The lowest BCUT2D eigenvalue weighted by atomic mass is 10.0. The van der Waals surface area contributed by atoms with Gasteiger partial charge in [0.05, 0.1) is 13.2 Å². The average Bonchev–Trinajstić information content (AvgIpc) is 3.13. The van der Waals surface area contributed by atoms with Gasteiger partial charge in [-0.25, -0.2) is 4.57 Å². The summed E-state index contributed by atoms with van der Waals surface area (Å²) in [5, 5.41) is 0. The Labute approximate surface area is 319 Å². The van der Waals surface area contributed by atoms with Crippen molar-refractivity contribution in [1.29, 1.82) is 0 Å². The second-order valence-electron chi connectivity index (χ2n) is 14.2. The quantitative estimate of drug-likeness (QED) is 0.0271. The highest BCUT2D eigenvalue weighted by atomic mass is 31.2. The lowest BCUT2D eigenvalue weighted by molar-refractivity contribution is -0.161. The molecular formula is C42H80NO8P. The highest BCUT2D eigenvalue weighted by Gasteiger charge is 2.26. The molecule has 0 amide bonds. The number of esters is 2. The molecule has 2 unspecified atom stereocenters. The molecule has 0 fully saturated rings. The highest BCUT2D eigenvalue weighted by Crippen LogP contribution is 2.43. The van der Waals surface area contributed by atoms with Crippen molar-refractivity contribution in [3.8, 4) is 0 Å². The molecule has 0 heterocycles. The topological polar surface area (TPSA) is 134 Å². The molecule has 0 saturated heterocycles. The summed E-state index contributed by atoms with van der Waals surface area (Å²) in [5.41, 5.74) is 5.34. The monoisotopic (exact) mass is 758 g/mol. The maximum Gasteiger partial charge on any atom is 0.472 e. The van der Waals surface area contributed by atoms with Crippen LogP contribution in [0.25, 0.3) is 0 Å². The number of allylic oxidation sites excluding steroid dienone is 4. The van der Waals surface area contributed by atoms with E-state index in [0.717, 1.165) is 51.4 Å². The van der Waals surface area contributed by atoms with Crippen LogP contribution in [0.3, 0.4) is 0 Å². The van der Waals surface area contributed by atoms with E-state index in [9.17, 15) is 19.0 Å². The molecule has 0 aliphatic rings. The number of rotatable bonds is 40. The van der Waals surface area contributed by atoms with Crippen molar-refractivity contribution in [1.82, 2.24) is 0 Å². The number of phosphoric ester groups is 1. The van der Waals surface area contributed by atoms with Crippen LogP contribution in [-0.4, -0.2) is 49.3 Å². The molecule has 0 spiro atoms. The van der Waals surface area contributed by atoms with Crippen LogP contribution in [0.1, 0.15) is 200 Å². The minimum Gasteiger partial charge on any atom is -0.462 e. The van der Waals surface area contributed by atoms with E-state index in [4.69, 9.17) is 24.3 Å². The fourth-order valence-corrected chi connectivity index (χ4v) is 6.67. The normalized spacial score (nSPS) is 13.5. The molecule has 52 heavy (non-hydrogen) atoms. The largest absolute Gasteiger partial charge is 0.472 e. The van der Waals surface area contributed by atoms with Crippen molar-refractivity contribution in [2.75, 3.05) is 26.4 Å². The smallest absolute Gasteiger partial charge is 0.462 e. The third kappa shape index (κ3) is 38.2. The molecule has 3 N–H and O–H groups in total. The minimum absolute atomic E-state index is 0.0535. The van der Waals surface area contributed by atoms with Crippen molar-refractivity contribution < 1.29 is 37.6 Å². The predicted molar refractivity (Wildman–Crippen MR) is 215 cm³/mol. The van der Waals surface area contributed by atoms with Crippen molar-refractivity contribution in [3.63, 3.8) is 0 Å². The molecule has 2 atom stereocenters. The van der Waals surface area contributed by atoms with Gasteiger partial charge in [-0.05, 0) is 44.9 Å². The first-order chi connectivity index (χ1) is 25.3. The number of nitrogens with two attached hydrogens (primary N) is 1. The van der Waals surface area contributed by atoms with Gasteiger partial charge in [0, 0.05) is 19.4 Å². The second-order valence-corrected chi connectivity index (χ2v) is 15.7. The summed E-state index contributed by atoms with van der Waals surface area (Å²) in [6, 6.07) is 0. The molecule has 0 bridgehead atoms. The van der Waals surface area contributed by atoms with E-state index in [1.54, 1.807) is 0 Å². The molecule has 0 aromatic heterocycles. The zero-order valence-electron chi connectivity index (χ0n) is 33.6. The maximum absolute atomic E-state index is 12.6. The lowest BCUT2D eigenvalue weighted by Crippen LogP contribution is -2.29. The molecule has 9 nitrogen and oxygen atoms in total. The minimum atomic E-state index is -4.37. The standard InChI is InChI=1S/C42H80NO8P/c1-3-5-7-9-11-13-15-17-18-19-20-21-23-25-27-29-31-33-35-42(45)51-40(39-50-52(46,47)49-37-36-43)38-48-41(44)34-32-30-28-26-24-22-16-14-12-10-8-6-4-2/h13,15,18-19,40H,3-12,14,16-17,20-39,43H2,1-2H3,(H,46,47)/b15-13-,19-18-. The molecule has 0 radical (unpaired) electrons. The molecule has 0 saturated carbocycles. The Balaban J connectivity index is 4.16. The number of unbranched alkanes of at least 4 members (excludes halogenated alkanes) is 23. The van der Waals surface area contributed by atoms with Gasteiger partial charge in [0.2, 0.25) is 0 Å². The van der Waals surface area contributed by atoms with Gasteiger partial charge in [-0.2, -0.15) is 0 Å². The average molecular weight is 758 g/mol. The Bertz CT molecular complexity index is 912. The van der Waals surface area contributed by atoms with Crippen LogP contribution in [0.4, 0.5) is 0 Å². The molecule has 10 heteroatoms. The van der Waals surface area contributed by atoms with Gasteiger partial charge in [0.15, 0.2) is 6.10 Å². The van der Waals surface area contributed by atoms with Crippen LogP contribution >= 0.6 is 7.82 Å². The van der Waals surface area contributed by atoms with Crippen molar-refractivity contribution in [3.05, 3.63) is 24.3 Å². The molecule has 0 aromatic rings. The Morgan fingerprint density at radius 1 is 0.577 bits per heavy atom. The number of phosphoric acid groups is 1. The molecular weight excluding hydrogens is 677 g/mol. The highest BCUT2D eigenvalue weighted by molar-refractivity contribution is 7.47. The number of hydrogen-bond donors (Lipinski definition) is 2. The summed E-state index contributed by atoms with van der Waals surface area (Å²) in [4.78, 5) is 34.8. The summed E-state index contributed by atoms with van der Waals surface area (Å²) in [6.07, 6.45) is 40.6. The number of carbonyl (C=O) groups is 2. The molecule has 0 rings (SSSR count). The van der Waals surface area contributed by atoms with Crippen LogP contribution in [0.5, 0.6) is 0 Å². The van der Waals surface area contributed by atoms with Crippen molar-refractivity contribution in [2.24, 2.45) is 5.73 Å². The van der Waals surface area contributed by atoms with Gasteiger partial charge in [-0.3, -0.25) is 18.6 Å². The van der Waals surface area contributed by atoms with E-state index < -0.39 is 26.5 Å². The fraction of sp³-hybridized carbons (Fsp3) is 0.857. The summed E-state index contributed by atoms with van der Waals surface area (Å²) in [7, 11) is -4.37. The Morgan fingerprint density at radius 3 is 1.48 bits per heavy atom. The van der Waals surface area contributed by atoms with Crippen LogP contribution in [0.15, 0.2) is 24.3 Å². The first-order valence-corrected chi connectivity index (χ1v) is 22.8. The Morgan fingerprint density at radius 2 is 1.00 bits per heavy atom. The number of hydrogen-bond acceptors (Lipinski definition) is 8. The summed E-state index contributed by atoms with van der Waals surface area (Å²) < 4.78 is 32.7. The SMILES string of the molecule is CCCCCC/C=C\C/C=C\CCCCCCCCCC(=O)OC(COC(=O)CCCCCCCCCCCCCCC)COP(=O)(O)OCCN. The molecule has 0 aliphatic heterocycles. The summed E-state index contributed by atoms with van der Waals surface area (Å²) in [5.74, 6) is -0.831. The molecule has 0 aliphatic carbocycles. The second kappa shape index (κ2) is 39.2. The van der Waals surface area contributed by atoms with Gasteiger partial charge >= 0.3 is 19.8 Å². The first-order valence-electron chi connectivity index (χ1n) is 21.3. The van der Waals surface area contributed by atoms with Crippen LogP contribution in [-0.2, 0) is 32.7 Å². The molecule has 306 valence electrons. The predicted octanol–water partition coefficient (Wildman–Crippen LogP) is 12.0. The Kier molecular flexibility index (Phi) is 38.1. The van der Waals surface area contributed by atoms with E-state index in [-0.39, 0.29) is 38.6 Å². The van der Waals surface area contributed by atoms with Gasteiger partial charge in [-0.1, -0.05) is 167 Å². The summed E-state index contributed by atoms with van der Waals surface area (Å²) >= 11 is 0. The van der Waals surface area contributed by atoms with Crippen molar-refractivity contribution >= 4 is 19.8 Å². The lowest BCUT2D eigenvalue weighted by Gasteiger charge is -2.19. The zero-order valence-corrected chi connectivity index (χ0v) is 34.4. The van der Waals surface area contributed by atoms with Gasteiger partial charge in [0.25, 0.3) is 0 Å². The van der Waals surface area contributed by atoms with E-state index in [0.29, 0.717) is 6.42 Å². The van der Waals surface area contributed by atoms with Crippen molar-refractivity contribution in [2.45, 2.75) is 206 Å². The number of carbonyl (C=O) groups excluding carboxylic acids is 2. The fourth-order valence-electron chi connectivity index (χ4n) is 5.90. The number of ether oxygens (including phenoxy) is 2. The van der Waals surface area contributed by atoms with Gasteiger partial charge in [-0.15, -0.1) is 0 Å². The van der Waals surface area contributed by atoms with Crippen LogP contribution < -0.4 is 5.73 Å². The van der Waals surface area contributed by atoms with Crippen LogP contribution in [0, 0.1) is 0 Å². The van der Waals surface area contributed by atoms with Crippen LogP contribution in [0.2, 0.25) is 0 Å². The third-order valence-corrected chi connectivity index (χ3v) is 10.1.